The Kier molecular flexibility index (Phi) is 5.23. The second-order valence-electron chi connectivity index (χ2n) is 5.78. The smallest absolute Gasteiger partial charge is 0.255 e. The molecule has 0 radical (unpaired) electrons. The Bertz CT molecular complexity index is 479. The molecule has 116 valence electrons. The van der Waals surface area contributed by atoms with Gasteiger partial charge in [0.1, 0.15) is 5.75 Å². The number of carbonyl (C=O) groups is 1. The van der Waals surface area contributed by atoms with E-state index in [2.05, 4.69) is 5.32 Å². The molecular formula is C17H25NO3. The fourth-order valence-corrected chi connectivity index (χ4v) is 2.27. The van der Waals surface area contributed by atoms with Gasteiger partial charge in [-0.05, 0) is 44.2 Å². The van der Waals surface area contributed by atoms with Gasteiger partial charge in [0.25, 0.3) is 5.91 Å². The number of ether oxygens (including phenoxy) is 1. The molecule has 0 aromatic heterocycles. The van der Waals surface area contributed by atoms with E-state index in [1.807, 2.05) is 32.0 Å². The lowest BCUT2D eigenvalue weighted by Gasteiger charge is -2.28. The molecule has 1 fully saturated rings. The number of benzene rings is 1. The van der Waals surface area contributed by atoms with Crippen LogP contribution in [0.1, 0.15) is 56.3 Å². The lowest BCUT2D eigenvalue weighted by atomic mass is 9.96. The van der Waals surface area contributed by atoms with E-state index in [-0.39, 0.29) is 18.6 Å². The van der Waals surface area contributed by atoms with Crippen LogP contribution in [0.15, 0.2) is 24.3 Å². The zero-order chi connectivity index (χ0) is 15.3. The van der Waals surface area contributed by atoms with Crippen molar-refractivity contribution in [2.75, 3.05) is 6.54 Å². The summed E-state index contributed by atoms with van der Waals surface area (Å²) in [5, 5.41) is 13.1. The lowest BCUT2D eigenvalue weighted by molar-refractivity contribution is 0.0312. The van der Waals surface area contributed by atoms with Crippen LogP contribution in [0.3, 0.4) is 0 Å². The molecule has 0 spiro atoms. The molecule has 0 bridgehead atoms. The molecule has 0 saturated heterocycles. The Balaban J connectivity index is 2.01. The number of rotatable bonds is 7. The summed E-state index contributed by atoms with van der Waals surface area (Å²) in [5.74, 6) is 0.446. The molecule has 1 saturated carbocycles. The van der Waals surface area contributed by atoms with Crippen LogP contribution in [0.4, 0.5) is 0 Å². The standard InChI is InChI=1S/C17H25NO3/c1-3-17(20,4-2)12-18-16(19)14-10-5-6-11-15(14)21-13-8-7-9-13/h5-6,10-11,13,20H,3-4,7-9,12H2,1-2H3,(H,18,19). The van der Waals surface area contributed by atoms with Crippen molar-refractivity contribution in [2.45, 2.75) is 57.7 Å². The van der Waals surface area contributed by atoms with Crippen LogP contribution in [0.2, 0.25) is 0 Å². The summed E-state index contributed by atoms with van der Waals surface area (Å²) in [6, 6.07) is 7.30. The largest absolute Gasteiger partial charge is 0.490 e. The SMILES string of the molecule is CCC(O)(CC)CNC(=O)c1ccccc1OC1CCC1. The van der Waals surface area contributed by atoms with E-state index in [1.54, 1.807) is 6.07 Å². The van der Waals surface area contributed by atoms with E-state index in [1.165, 1.54) is 6.42 Å². The summed E-state index contributed by atoms with van der Waals surface area (Å²) in [6.07, 6.45) is 4.78. The van der Waals surface area contributed by atoms with Gasteiger partial charge in [-0.2, -0.15) is 0 Å². The molecule has 4 heteroatoms. The Morgan fingerprint density at radius 1 is 1.33 bits per heavy atom. The topological polar surface area (TPSA) is 58.6 Å². The number of aliphatic hydroxyl groups is 1. The highest BCUT2D eigenvalue weighted by atomic mass is 16.5. The van der Waals surface area contributed by atoms with Crippen molar-refractivity contribution in [1.82, 2.24) is 5.32 Å². The number of amides is 1. The summed E-state index contributed by atoms with van der Waals surface area (Å²) >= 11 is 0. The van der Waals surface area contributed by atoms with Crippen molar-refractivity contribution in [3.05, 3.63) is 29.8 Å². The second kappa shape index (κ2) is 6.94. The predicted octanol–water partition coefficient (Wildman–Crippen LogP) is 2.90. The first-order chi connectivity index (χ1) is 10.1. The third-order valence-corrected chi connectivity index (χ3v) is 4.37. The maximum atomic E-state index is 12.3. The molecule has 0 heterocycles. The van der Waals surface area contributed by atoms with Crippen molar-refractivity contribution in [3.8, 4) is 5.75 Å². The maximum absolute atomic E-state index is 12.3. The Morgan fingerprint density at radius 2 is 2.00 bits per heavy atom. The average Bonchev–Trinajstić information content (AvgIpc) is 2.48. The van der Waals surface area contributed by atoms with Gasteiger partial charge in [-0.3, -0.25) is 4.79 Å². The van der Waals surface area contributed by atoms with Gasteiger partial charge in [-0.25, -0.2) is 0 Å². The molecule has 1 aliphatic rings. The van der Waals surface area contributed by atoms with Crippen molar-refractivity contribution in [2.24, 2.45) is 0 Å². The van der Waals surface area contributed by atoms with Crippen molar-refractivity contribution < 1.29 is 14.6 Å². The molecule has 1 aliphatic carbocycles. The Hall–Kier alpha value is -1.55. The number of para-hydroxylation sites is 1. The monoisotopic (exact) mass is 291 g/mol. The third-order valence-electron chi connectivity index (χ3n) is 4.37. The van der Waals surface area contributed by atoms with Crippen LogP contribution in [0.25, 0.3) is 0 Å². The van der Waals surface area contributed by atoms with Crippen LogP contribution >= 0.6 is 0 Å². The normalized spacial score (nSPS) is 15.4. The summed E-state index contributed by atoms with van der Waals surface area (Å²) in [6.45, 7) is 4.10. The summed E-state index contributed by atoms with van der Waals surface area (Å²) < 4.78 is 5.86. The molecule has 2 rings (SSSR count). The first-order valence-corrected chi connectivity index (χ1v) is 7.84. The second-order valence-corrected chi connectivity index (χ2v) is 5.78. The predicted molar refractivity (Wildman–Crippen MR) is 82.6 cm³/mol. The molecule has 1 aromatic carbocycles. The maximum Gasteiger partial charge on any atom is 0.255 e. The van der Waals surface area contributed by atoms with Crippen LogP contribution < -0.4 is 10.1 Å². The number of nitrogens with one attached hydrogen (secondary N) is 1. The van der Waals surface area contributed by atoms with E-state index in [0.717, 1.165) is 12.8 Å². The van der Waals surface area contributed by atoms with Gasteiger partial charge in [0.15, 0.2) is 0 Å². The average molecular weight is 291 g/mol. The van der Waals surface area contributed by atoms with E-state index < -0.39 is 5.60 Å². The molecule has 21 heavy (non-hydrogen) atoms. The summed E-state index contributed by atoms with van der Waals surface area (Å²) in [4.78, 5) is 12.3. The quantitative estimate of drug-likeness (QED) is 0.812. The molecule has 4 nitrogen and oxygen atoms in total. The molecule has 0 aliphatic heterocycles. The highest BCUT2D eigenvalue weighted by Crippen LogP contribution is 2.27. The Labute approximate surface area is 126 Å². The van der Waals surface area contributed by atoms with Crippen molar-refractivity contribution >= 4 is 5.91 Å². The van der Waals surface area contributed by atoms with Gasteiger partial charge < -0.3 is 15.2 Å². The van der Waals surface area contributed by atoms with Gasteiger partial charge >= 0.3 is 0 Å². The van der Waals surface area contributed by atoms with E-state index in [4.69, 9.17) is 4.74 Å². The van der Waals surface area contributed by atoms with Crippen LogP contribution in [0, 0.1) is 0 Å². The van der Waals surface area contributed by atoms with E-state index >= 15 is 0 Å². The van der Waals surface area contributed by atoms with Crippen LogP contribution in [0.5, 0.6) is 5.75 Å². The minimum absolute atomic E-state index is 0.190. The number of hydrogen-bond acceptors (Lipinski definition) is 3. The van der Waals surface area contributed by atoms with E-state index in [0.29, 0.717) is 24.2 Å². The highest BCUT2D eigenvalue weighted by Gasteiger charge is 2.25. The lowest BCUT2D eigenvalue weighted by Crippen LogP contribution is -2.42. The molecule has 0 unspecified atom stereocenters. The molecule has 2 N–H and O–H groups in total. The third kappa shape index (κ3) is 3.97. The number of carbonyl (C=O) groups excluding carboxylic acids is 1. The van der Waals surface area contributed by atoms with Crippen molar-refractivity contribution in [3.63, 3.8) is 0 Å². The minimum Gasteiger partial charge on any atom is -0.490 e. The van der Waals surface area contributed by atoms with Gasteiger partial charge in [0.2, 0.25) is 0 Å². The zero-order valence-electron chi connectivity index (χ0n) is 12.9. The molecule has 1 amide bonds. The molecular weight excluding hydrogens is 266 g/mol. The van der Waals surface area contributed by atoms with Gasteiger partial charge in [-0.1, -0.05) is 26.0 Å². The summed E-state index contributed by atoms with van der Waals surface area (Å²) in [5.41, 5.74) is -0.293. The first kappa shape index (κ1) is 15.8. The molecule has 1 aromatic rings. The minimum atomic E-state index is -0.834. The van der Waals surface area contributed by atoms with Crippen molar-refractivity contribution in [1.29, 1.82) is 0 Å². The summed E-state index contributed by atoms with van der Waals surface area (Å²) in [7, 11) is 0. The Morgan fingerprint density at radius 3 is 2.57 bits per heavy atom. The fourth-order valence-electron chi connectivity index (χ4n) is 2.27. The van der Waals surface area contributed by atoms with Gasteiger partial charge in [-0.15, -0.1) is 0 Å². The molecule has 0 atom stereocenters. The first-order valence-electron chi connectivity index (χ1n) is 7.84. The van der Waals surface area contributed by atoms with Gasteiger partial charge in [0, 0.05) is 6.54 Å². The van der Waals surface area contributed by atoms with Crippen LogP contribution in [-0.4, -0.2) is 29.3 Å². The highest BCUT2D eigenvalue weighted by molar-refractivity contribution is 5.96. The number of hydrogen-bond donors (Lipinski definition) is 2. The van der Waals surface area contributed by atoms with Crippen LogP contribution in [-0.2, 0) is 0 Å². The zero-order valence-corrected chi connectivity index (χ0v) is 12.9. The fraction of sp³-hybridized carbons (Fsp3) is 0.588. The van der Waals surface area contributed by atoms with E-state index in [9.17, 15) is 9.90 Å². The van der Waals surface area contributed by atoms with Gasteiger partial charge in [0.05, 0.1) is 17.3 Å².